The van der Waals surface area contributed by atoms with Gasteiger partial charge in [-0.05, 0) is 52.8 Å². The minimum absolute atomic E-state index is 0.256. The molecule has 9 nitrogen and oxygen atoms in total. The average molecular weight is 519 g/mol. The Morgan fingerprint density at radius 3 is 2.46 bits per heavy atom. The molecule has 5 rings (SSSR count). The number of pyridine rings is 1. The van der Waals surface area contributed by atoms with Crippen LogP contribution in [0.3, 0.4) is 0 Å². The van der Waals surface area contributed by atoms with Gasteiger partial charge in [-0.1, -0.05) is 0 Å². The van der Waals surface area contributed by atoms with Crippen molar-refractivity contribution in [3.8, 4) is 11.5 Å². The molecule has 0 aliphatic carbocycles. The van der Waals surface area contributed by atoms with E-state index in [0.717, 1.165) is 12.3 Å². The molecule has 0 aromatic carbocycles. The molecule has 2 fully saturated rings. The lowest BCUT2D eigenvalue weighted by molar-refractivity contribution is -0.207. The van der Waals surface area contributed by atoms with E-state index in [4.69, 9.17) is 9.47 Å². The quantitative estimate of drug-likeness (QED) is 0.497. The first-order valence-corrected chi connectivity index (χ1v) is 11.9. The predicted molar refractivity (Wildman–Crippen MR) is 129 cm³/mol. The molecule has 5 heterocycles. The van der Waals surface area contributed by atoms with Crippen molar-refractivity contribution in [2.75, 3.05) is 31.1 Å². The number of carbonyl (C=O) groups excluding carboxylic acids is 1. The zero-order valence-corrected chi connectivity index (χ0v) is 21.3. The highest BCUT2D eigenvalue weighted by molar-refractivity contribution is 5.70. The van der Waals surface area contributed by atoms with E-state index in [9.17, 15) is 18.0 Å². The first kappa shape index (κ1) is 25.2. The summed E-state index contributed by atoms with van der Waals surface area (Å²) in [4.78, 5) is 29.4. The van der Waals surface area contributed by atoms with E-state index in [1.165, 1.54) is 16.7 Å². The molecule has 0 bridgehead atoms. The van der Waals surface area contributed by atoms with Gasteiger partial charge in [-0.15, -0.1) is 0 Å². The number of morpholine rings is 1. The van der Waals surface area contributed by atoms with E-state index in [1.807, 2.05) is 34.6 Å². The second-order valence-corrected chi connectivity index (χ2v) is 11.3. The van der Waals surface area contributed by atoms with Crippen molar-refractivity contribution >= 4 is 17.6 Å². The molecule has 2 aliphatic heterocycles. The molecule has 3 aromatic heterocycles. The smallest absolute Gasteiger partial charge is 0.417 e. The Labute approximate surface area is 212 Å². The van der Waals surface area contributed by atoms with Gasteiger partial charge < -0.3 is 19.3 Å². The Bertz CT molecular complexity index is 1340. The van der Waals surface area contributed by atoms with Crippen molar-refractivity contribution in [2.24, 2.45) is 0 Å². The van der Waals surface area contributed by atoms with Gasteiger partial charge in [0.15, 0.2) is 5.82 Å². The summed E-state index contributed by atoms with van der Waals surface area (Å²) in [6.45, 7) is 11.2. The largest absolute Gasteiger partial charge is 0.444 e. The average Bonchev–Trinajstić information content (AvgIpc) is 3.18. The molecular weight excluding hydrogens is 489 g/mol. The van der Waals surface area contributed by atoms with E-state index >= 15 is 0 Å². The van der Waals surface area contributed by atoms with Gasteiger partial charge in [-0.25, -0.2) is 19.7 Å². The fraction of sp³-hybridized carbons (Fsp3) is 0.520. The lowest BCUT2D eigenvalue weighted by Crippen LogP contribution is -2.74. The van der Waals surface area contributed by atoms with Crippen LogP contribution < -0.4 is 4.90 Å². The molecule has 0 saturated carbocycles. The van der Waals surface area contributed by atoms with E-state index in [2.05, 4.69) is 19.9 Å². The number of fused-ring (bicyclic) bond motifs is 1. The summed E-state index contributed by atoms with van der Waals surface area (Å²) in [5.41, 5.74) is -1.78. The van der Waals surface area contributed by atoms with Crippen LogP contribution in [0.1, 0.15) is 40.2 Å². The van der Waals surface area contributed by atoms with Crippen molar-refractivity contribution in [2.45, 2.75) is 57.6 Å². The van der Waals surface area contributed by atoms with Gasteiger partial charge in [0.25, 0.3) is 0 Å². The number of likely N-dealkylation sites (tertiary alicyclic amines) is 1. The Balaban J connectivity index is 1.40. The van der Waals surface area contributed by atoms with Crippen LogP contribution in [0.2, 0.25) is 0 Å². The summed E-state index contributed by atoms with van der Waals surface area (Å²) in [5.74, 6) is 0.866. The van der Waals surface area contributed by atoms with E-state index in [1.54, 1.807) is 17.2 Å². The highest BCUT2D eigenvalue weighted by Gasteiger charge is 2.54. The first-order chi connectivity index (χ1) is 17.1. The fourth-order valence-electron chi connectivity index (χ4n) is 4.91. The molecule has 0 atom stereocenters. The van der Waals surface area contributed by atoms with Crippen LogP contribution in [0.4, 0.5) is 23.8 Å². The van der Waals surface area contributed by atoms with E-state index in [-0.39, 0.29) is 11.9 Å². The van der Waals surface area contributed by atoms with Crippen LogP contribution in [-0.2, 0) is 15.7 Å². The number of ether oxygens (including phenoxy) is 2. The third kappa shape index (κ3) is 5.07. The van der Waals surface area contributed by atoms with Crippen molar-refractivity contribution in [1.29, 1.82) is 0 Å². The van der Waals surface area contributed by atoms with Crippen LogP contribution in [0.25, 0.3) is 17.2 Å². The maximum absolute atomic E-state index is 13.3. The van der Waals surface area contributed by atoms with Gasteiger partial charge in [0.05, 0.1) is 37.0 Å². The zero-order chi connectivity index (χ0) is 26.8. The number of anilines is 1. The summed E-state index contributed by atoms with van der Waals surface area (Å²) in [7, 11) is 0. The maximum atomic E-state index is 13.3. The number of imidazole rings is 1. The summed E-state index contributed by atoms with van der Waals surface area (Å²) < 4.78 is 53.1. The highest BCUT2D eigenvalue weighted by atomic mass is 19.4. The minimum Gasteiger partial charge on any atom is -0.444 e. The molecule has 37 heavy (non-hydrogen) atoms. The maximum Gasteiger partial charge on any atom is 0.417 e. The third-order valence-electron chi connectivity index (χ3n) is 6.18. The van der Waals surface area contributed by atoms with Crippen LogP contribution in [-0.4, -0.2) is 73.3 Å². The fourth-order valence-corrected chi connectivity index (χ4v) is 4.91. The number of alkyl halides is 3. The summed E-state index contributed by atoms with van der Waals surface area (Å²) in [5, 5.41) is 0. The molecule has 1 spiro atoms. The van der Waals surface area contributed by atoms with Gasteiger partial charge in [0.1, 0.15) is 28.4 Å². The van der Waals surface area contributed by atoms with Crippen molar-refractivity contribution in [3.63, 3.8) is 0 Å². The molecule has 0 radical (unpaired) electrons. The van der Waals surface area contributed by atoms with Crippen molar-refractivity contribution in [3.05, 3.63) is 42.4 Å². The number of hydrogen-bond acceptors (Lipinski definition) is 7. The van der Waals surface area contributed by atoms with Crippen LogP contribution in [0, 0.1) is 0 Å². The molecule has 2 aliphatic rings. The molecule has 12 heteroatoms. The summed E-state index contributed by atoms with van der Waals surface area (Å²) in [6.07, 6.45) is -0.827. The van der Waals surface area contributed by atoms with Gasteiger partial charge in [0.2, 0.25) is 0 Å². The Kier molecular flexibility index (Phi) is 5.67. The SMILES string of the molecule is CC(C)(C)OC(=O)N1CC2(C1)CN(c1ccnc(-c3cnc4ccc(C(F)(F)F)cn34)n1)CC(C)(C)O2. The number of halogens is 3. The monoisotopic (exact) mass is 518 g/mol. The Hall–Kier alpha value is -3.41. The van der Waals surface area contributed by atoms with Gasteiger partial charge in [-0.3, -0.25) is 4.40 Å². The van der Waals surface area contributed by atoms with Gasteiger partial charge in [0, 0.05) is 18.9 Å². The lowest BCUT2D eigenvalue weighted by Gasteiger charge is -2.57. The van der Waals surface area contributed by atoms with E-state index < -0.39 is 28.5 Å². The van der Waals surface area contributed by atoms with E-state index in [0.29, 0.717) is 43.3 Å². The Morgan fingerprint density at radius 1 is 1.05 bits per heavy atom. The van der Waals surface area contributed by atoms with Gasteiger partial charge >= 0.3 is 12.3 Å². The number of aromatic nitrogens is 4. The first-order valence-electron chi connectivity index (χ1n) is 11.9. The van der Waals surface area contributed by atoms with Crippen molar-refractivity contribution in [1.82, 2.24) is 24.3 Å². The number of carbonyl (C=O) groups is 1. The minimum atomic E-state index is -4.48. The number of amides is 1. The molecule has 0 unspecified atom stereocenters. The Morgan fingerprint density at radius 2 is 1.78 bits per heavy atom. The molecule has 0 N–H and O–H groups in total. The summed E-state index contributed by atoms with van der Waals surface area (Å²) in [6, 6.07) is 4.07. The standard InChI is InChI=1S/C25H29F3N6O3/c1-22(2,3)36-21(35)33-14-24(15-33)13-32(12-23(4,5)37-24)19-8-9-29-20(31-19)17-10-30-18-7-6-16(11-34(17)18)25(26,27)28/h6-11H,12-15H2,1-5H3. The summed E-state index contributed by atoms with van der Waals surface area (Å²) >= 11 is 0. The van der Waals surface area contributed by atoms with Crippen molar-refractivity contribution < 1.29 is 27.4 Å². The highest BCUT2D eigenvalue weighted by Crippen LogP contribution is 2.38. The third-order valence-corrected chi connectivity index (χ3v) is 6.18. The lowest BCUT2D eigenvalue weighted by atomic mass is 9.88. The van der Waals surface area contributed by atoms with Crippen LogP contribution in [0.15, 0.2) is 36.8 Å². The van der Waals surface area contributed by atoms with Gasteiger partial charge in [-0.2, -0.15) is 13.2 Å². The second kappa shape index (κ2) is 8.30. The topological polar surface area (TPSA) is 85.1 Å². The number of hydrogen-bond donors (Lipinski definition) is 0. The number of nitrogens with zero attached hydrogens (tertiary/aromatic N) is 6. The molecule has 3 aromatic rings. The van der Waals surface area contributed by atoms with Crippen LogP contribution >= 0.6 is 0 Å². The second-order valence-electron chi connectivity index (χ2n) is 11.3. The predicted octanol–water partition coefficient (Wildman–Crippen LogP) is 4.41. The molecular formula is C25H29F3N6O3. The van der Waals surface area contributed by atoms with Crippen LogP contribution in [0.5, 0.6) is 0 Å². The number of rotatable bonds is 2. The molecule has 198 valence electrons. The zero-order valence-electron chi connectivity index (χ0n) is 21.3. The normalized spacial score (nSPS) is 19.2. The molecule has 2 saturated heterocycles. The molecule has 1 amide bonds.